The fraction of sp³-hybridized carbons (Fsp3) is 0.267. The molecule has 0 spiro atoms. The van der Waals surface area contributed by atoms with Crippen LogP contribution in [0.5, 0.6) is 0 Å². The topological polar surface area (TPSA) is 43.1 Å². The normalized spacial score (nSPS) is 20.5. The van der Waals surface area contributed by atoms with Crippen molar-refractivity contribution in [2.75, 3.05) is 0 Å². The Hall–Kier alpha value is -2.22. The van der Waals surface area contributed by atoms with Crippen LogP contribution in [0.15, 0.2) is 30.6 Å². The monoisotopic (exact) mass is 356 g/mol. The van der Waals surface area contributed by atoms with Crippen molar-refractivity contribution in [2.24, 2.45) is 0 Å². The molecule has 0 radical (unpaired) electrons. The van der Waals surface area contributed by atoms with Gasteiger partial charge in [-0.05, 0) is 30.5 Å². The van der Waals surface area contributed by atoms with Crippen LogP contribution in [0.3, 0.4) is 0 Å². The van der Waals surface area contributed by atoms with E-state index in [-0.39, 0.29) is 17.0 Å². The van der Waals surface area contributed by atoms with Gasteiger partial charge in [0.25, 0.3) is 0 Å². The molecule has 0 aliphatic heterocycles. The molecule has 3 aromatic heterocycles. The number of fused-ring (bicyclic) bond motifs is 1. The maximum Gasteiger partial charge on any atom is 0.417 e. The van der Waals surface area contributed by atoms with Crippen LogP contribution in [0.1, 0.15) is 35.1 Å². The van der Waals surface area contributed by atoms with E-state index < -0.39 is 17.7 Å². The van der Waals surface area contributed by atoms with Gasteiger partial charge in [0.1, 0.15) is 0 Å². The Kier molecular flexibility index (Phi) is 3.28. The summed E-state index contributed by atoms with van der Waals surface area (Å²) >= 11 is 5.92. The van der Waals surface area contributed by atoms with Gasteiger partial charge in [-0.2, -0.15) is 27.2 Å². The average molecular weight is 357 g/mol. The number of alkyl halides is 3. The van der Waals surface area contributed by atoms with Crippen molar-refractivity contribution in [3.8, 4) is 0 Å². The Bertz CT molecular complexity index is 920. The molecule has 0 aromatic carbocycles. The highest BCUT2D eigenvalue weighted by molar-refractivity contribution is 6.29. The first kappa shape index (κ1) is 15.3. The minimum absolute atomic E-state index is 0.0287. The molecule has 3 heterocycles. The molecule has 0 amide bonds. The van der Waals surface area contributed by atoms with E-state index in [9.17, 15) is 17.6 Å². The lowest BCUT2D eigenvalue weighted by atomic mass is 10.1. The second kappa shape index (κ2) is 5.14. The zero-order chi connectivity index (χ0) is 17.1. The van der Waals surface area contributed by atoms with E-state index in [2.05, 4.69) is 15.1 Å². The predicted octanol–water partition coefficient (Wildman–Crippen LogP) is 4.21. The highest BCUT2D eigenvalue weighted by atomic mass is 35.5. The summed E-state index contributed by atoms with van der Waals surface area (Å²) in [6.07, 6.45) is -1.85. The van der Waals surface area contributed by atoms with Crippen LogP contribution >= 0.6 is 11.6 Å². The van der Waals surface area contributed by atoms with Crippen LogP contribution in [-0.4, -0.2) is 19.6 Å². The Morgan fingerprint density at radius 3 is 2.58 bits per heavy atom. The van der Waals surface area contributed by atoms with Crippen LogP contribution < -0.4 is 0 Å². The van der Waals surface area contributed by atoms with Crippen LogP contribution in [0.25, 0.3) is 5.65 Å². The van der Waals surface area contributed by atoms with Gasteiger partial charge in [-0.25, -0.2) is 4.98 Å². The van der Waals surface area contributed by atoms with Crippen molar-refractivity contribution in [2.45, 2.75) is 24.4 Å². The molecule has 0 N–H and O–H groups in total. The standard InChI is InChI=1S/C15H9ClF4N4/c16-12-4-10(14-22-6-13(17)24(14)23-12)8-3-9(8)11-2-1-7(5-21-11)15(18,19)20/h1-2,4-6,8-9H,3H2. The first-order valence-electron chi connectivity index (χ1n) is 7.07. The van der Waals surface area contributed by atoms with E-state index in [0.29, 0.717) is 23.3 Å². The first-order chi connectivity index (χ1) is 11.3. The highest BCUT2D eigenvalue weighted by Crippen LogP contribution is 2.55. The van der Waals surface area contributed by atoms with Crippen molar-refractivity contribution in [1.29, 1.82) is 0 Å². The summed E-state index contributed by atoms with van der Waals surface area (Å²) in [5.74, 6) is -0.702. The van der Waals surface area contributed by atoms with Gasteiger partial charge in [-0.1, -0.05) is 11.6 Å². The van der Waals surface area contributed by atoms with Crippen molar-refractivity contribution >= 4 is 17.2 Å². The van der Waals surface area contributed by atoms with E-state index in [1.807, 2.05) is 0 Å². The number of pyridine rings is 1. The van der Waals surface area contributed by atoms with Crippen LogP contribution in [0.2, 0.25) is 5.15 Å². The molecule has 0 saturated heterocycles. The zero-order valence-corrected chi connectivity index (χ0v) is 12.7. The lowest BCUT2D eigenvalue weighted by molar-refractivity contribution is -0.137. The third kappa shape index (κ3) is 2.50. The number of hydrogen-bond acceptors (Lipinski definition) is 3. The first-order valence-corrected chi connectivity index (χ1v) is 7.45. The van der Waals surface area contributed by atoms with Gasteiger partial charge in [0.05, 0.1) is 11.8 Å². The van der Waals surface area contributed by atoms with Crippen LogP contribution in [0, 0.1) is 5.95 Å². The number of aromatic nitrogens is 4. The van der Waals surface area contributed by atoms with Gasteiger partial charge in [0, 0.05) is 23.4 Å². The van der Waals surface area contributed by atoms with Crippen molar-refractivity contribution in [3.63, 3.8) is 0 Å². The van der Waals surface area contributed by atoms with Crippen LogP contribution in [-0.2, 0) is 6.18 Å². The molecule has 24 heavy (non-hydrogen) atoms. The van der Waals surface area contributed by atoms with Crippen molar-refractivity contribution in [3.05, 3.63) is 58.5 Å². The Balaban J connectivity index is 1.65. The predicted molar refractivity (Wildman–Crippen MR) is 77.3 cm³/mol. The molecule has 2 atom stereocenters. The lowest BCUT2D eigenvalue weighted by Crippen LogP contribution is -2.05. The fourth-order valence-electron chi connectivity index (χ4n) is 2.86. The van der Waals surface area contributed by atoms with Gasteiger partial charge in [-0.15, -0.1) is 0 Å². The molecule has 1 fully saturated rings. The van der Waals surface area contributed by atoms with E-state index in [1.54, 1.807) is 6.07 Å². The highest BCUT2D eigenvalue weighted by Gasteiger charge is 2.43. The van der Waals surface area contributed by atoms with Gasteiger partial charge in [0.2, 0.25) is 5.95 Å². The third-order valence-electron chi connectivity index (χ3n) is 4.11. The summed E-state index contributed by atoms with van der Waals surface area (Å²) in [5, 5.41) is 3.97. The fourth-order valence-corrected chi connectivity index (χ4v) is 3.06. The number of imidazole rings is 1. The van der Waals surface area contributed by atoms with E-state index in [1.165, 1.54) is 6.07 Å². The average Bonchev–Trinajstić information content (AvgIpc) is 3.24. The van der Waals surface area contributed by atoms with E-state index >= 15 is 0 Å². The molecule has 1 saturated carbocycles. The molecule has 1 aliphatic carbocycles. The third-order valence-corrected chi connectivity index (χ3v) is 4.29. The number of hydrogen-bond donors (Lipinski definition) is 0. The summed E-state index contributed by atoms with van der Waals surface area (Å²) in [6.45, 7) is 0. The Morgan fingerprint density at radius 2 is 1.92 bits per heavy atom. The second-order valence-electron chi connectivity index (χ2n) is 5.66. The zero-order valence-electron chi connectivity index (χ0n) is 11.9. The van der Waals surface area contributed by atoms with Gasteiger partial charge >= 0.3 is 6.18 Å². The molecular weight excluding hydrogens is 348 g/mol. The molecule has 0 bridgehead atoms. The minimum Gasteiger partial charge on any atom is -0.260 e. The Labute approximate surface area is 138 Å². The molecule has 124 valence electrons. The smallest absolute Gasteiger partial charge is 0.260 e. The minimum atomic E-state index is -4.41. The summed E-state index contributed by atoms with van der Waals surface area (Å²) < 4.78 is 52.4. The maximum absolute atomic E-state index is 13.6. The quantitative estimate of drug-likeness (QED) is 0.646. The summed E-state index contributed by atoms with van der Waals surface area (Å²) in [4.78, 5) is 7.91. The summed E-state index contributed by atoms with van der Waals surface area (Å²) in [5.41, 5.74) is 0.848. The van der Waals surface area contributed by atoms with Gasteiger partial charge in [0.15, 0.2) is 10.8 Å². The van der Waals surface area contributed by atoms with Gasteiger partial charge < -0.3 is 0 Å². The second-order valence-corrected chi connectivity index (χ2v) is 6.04. The van der Waals surface area contributed by atoms with E-state index in [4.69, 9.17) is 11.6 Å². The molecular formula is C15H9ClF4N4. The number of halogens is 5. The maximum atomic E-state index is 13.6. The largest absolute Gasteiger partial charge is 0.417 e. The van der Waals surface area contributed by atoms with Crippen molar-refractivity contribution in [1.82, 2.24) is 19.6 Å². The lowest BCUT2D eigenvalue weighted by Gasteiger charge is -2.07. The molecule has 4 nitrogen and oxygen atoms in total. The van der Waals surface area contributed by atoms with Crippen LogP contribution in [0.4, 0.5) is 17.6 Å². The summed E-state index contributed by atoms with van der Waals surface area (Å²) in [7, 11) is 0. The number of rotatable bonds is 2. The SMILES string of the molecule is Fc1cnc2c(C3CC3c3ccc(C(F)(F)F)cn3)cc(Cl)nn12. The molecule has 4 rings (SSSR count). The number of nitrogens with zero attached hydrogens (tertiary/aromatic N) is 4. The molecule has 9 heteroatoms. The van der Waals surface area contributed by atoms with Gasteiger partial charge in [-0.3, -0.25) is 4.98 Å². The van der Waals surface area contributed by atoms with Crippen molar-refractivity contribution < 1.29 is 17.6 Å². The molecule has 2 unspecified atom stereocenters. The van der Waals surface area contributed by atoms with E-state index in [0.717, 1.165) is 23.0 Å². The molecule has 3 aromatic rings. The summed E-state index contributed by atoms with van der Waals surface area (Å²) in [6, 6.07) is 4.00. The molecule has 1 aliphatic rings. The Morgan fingerprint density at radius 1 is 1.12 bits per heavy atom.